The first-order chi connectivity index (χ1) is 9.65. The van der Waals surface area contributed by atoms with Crippen molar-refractivity contribution in [3.05, 3.63) is 29.3 Å². The molecule has 2 N–H and O–H groups in total. The lowest BCUT2D eigenvalue weighted by Gasteiger charge is -2.29. The van der Waals surface area contributed by atoms with E-state index in [-0.39, 0.29) is 0 Å². The van der Waals surface area contributed by atoms with Crippen LogP contribution in [0.15, 0.2) is 18.2 Å². The molecule has 0 fully saturated rings. The first-order valence-electron chi connectivity index (χ1n) is 7.76. The normalized spacial score (nSPS) is 12.7. The molecule has 0 aliphatic carbocycles. The standard InChI is InChI=1S/C17H30N2O/c1-5-7-10-19(14(3)6-2)13-16-11-15(12-18)8-9-17(16)20-4/h8-9,11,14H,5-7,10,12-13,18H2,1-4H3. The third-order valence-corrected chi connectivity index (χ3v) is 3.97. The van der Waals surface area contributed by atoms with Gasteiger partial charge in [0.05, 0.1) is 7.11 Å². The highest BCUT2D eigenvalue weighted by atomic mass is 16.5. The monoisotopic (exact) mass is 278 g/mol. The second-order valence-electron chi connectivity index (χ2n) is 5.43. The van der Waals surface area contributed by atoms with E-state index in [2.05, 4.69) is 31.7 Å². The van der Waals surface area contributed by atoms with Gasteiger partial charge in [-0.3, -0.25) is 4.90 Å². The zero-order valence-electron chi connectivity index (χ0n) is 13.5. The van der Waals surface area contributed by atoms with Gasteiger partial charge in [0.2, 0.25) is 0 Å². The number of hydrogen-bond donors (Lipinski definition) is 1. The first kappa shape index (κ1) is 17.0. The van der Waals surface area contributed by atoms with Crippen LogP contribution in [0.25, 0.3) is 0 Å². The summed E-state index contributed by atoms with van der Waals surface area (Å²) in [7, 11) is 1.74. The topological polar surface area (TPSA) is 38.5 Å². The molecule has 0 aromatic heterocycles. The maximum atomic E-state index is 5.75. The van der Waals surface area contributed by atoms with Gasteiger partial charge in [0.15, 0.2) is 0 Å². The van der Waals surface area contributed by atoms with Crippen LogP contribution in [0.5, 0.6) is 5.75 Å². The third-order valence-electron chi connectivity index (χ3n) is 3.97. The van der Waals surface area contributed by atoms with Crippen LogP contribution in [0.2, 0.25) is 0 Å². The average molecular weight is 278 g/mol. The highest BCUT2D eigenvalue weighted by Crippen LogP contribution is 2.23. The Morgan fingerprint density at radius 3 is 2.60 bits per heavy atom. The number of rotatable bonds is 9. The zero-order chi connectivity index (χ0) is 15.0. The van der Waals surface area contributed by atoms with Crippen LogP contribution in [0.1, 0.15) is 51.2 Å². The summed E-state index contributed by atoms with van der Waals surface area (Å²) >= 11 is 0. The van der Waals surface area contributed by atoms with Crippen molar-refractivity contribution in [2.75, 3.05) is 13.7 Å². The molecular weight excluding hydrogens is 248 g/mol. The molecule has 0 radical (unpaired) electrons. The van der Waals surface area contributed by atoms with Crippen LogP contribution in [-0.2, 0) is 13.1 Å². The van der Waals surface area contributed by atoms with Crippen molar-refractivity contribution in [2.45, 2.75) is 59.2 Å². The smallest absolute Gasteiger partial charge is 0.123 e. The van der Waals surface area contributed by atoms with Gasteiger partial charge in [0.25, 0.3) is 0 Å². The Morgan fingerprint density at radius 2 is 2.05 bits per heavy atom. The van der Waals surface area contributed by atoms with E-state index in [1.807, 2.05) is 12.1 Å². The van der Waals surface area contributed by atoms with Crippen molar-refractivity contribution in [3.63, 3.8) is 0 Å². The lowest BCUT2D eigenvalue weighted by atomic mass is 10.1. The SMILES string of the molecule is CCCCN(Cc1cc(CN)ccc1OC)C(C)CC. The number of unbranched alkanes of at least 4 members (excludes halogenated alkanes) is 1. The predicted molar refractivity (Wildman–Crippen MR) is 86.0 cm³/mol. The Morgan fingerprint density at radius 1 is 1.30 bits per heavy atom. The van der Waals surface area contributed by atoms with E-state index in [9.17, 15) is 0 Å². The van der Waals surface area contributed by atoms with Gasteiger partial charge in [-0.05, 0) is 44.0 Å². The van der Waals surface area contributed by atoms with Gasteiger partial charge in [-0.25, -0.2) is 0 Å². The van der Waals surface area contributed by atoms with Crippen molar-refractivity contribution in [2.24, 2.45) is 5.73 Å². The van der Waals surface area contributed by atoms with Crippen LogP contribution in [0, 0.1) is 0 Å². The Bertz CT molecular complexity index is 393. The fraction of sp³-hybridized carbons (Fsp3) is 0.647. The van der Waals surface area contributed by atoms with E-state index in [0.717, 1.165) is 18.8 Å². The summed E-state index contributed by atoms with van der Waals surface area (Å²) < 4.78 is 5.50. The molecule has 0 amide bonds. The molecule has 0 aliphatic rings. The molecule has 0 spiro atoms. The molecule has 1 aromatic rings. The average Bonchev–Trinajstić information content (AvgIpc) is 2.50. The molecule has 1 rings (SSSR count). The number of ether oxygens (including phenoxy) is 1. The molecule has 1 aromatic carbocycles. The van der Waals surface area contributed by atoms with Gasteiger partial charge in [-0.15, -0.1) is 0 Å². The fourth-order valence-electron chi connectivity index (χ4n) is 2.38. The van der Waals surface area contributed by atoms with Crippen molar-refractivity contribution < 1.29 is 4.74 Å². The summed E-state index contributed by atoms with van der Waals surface area (Å²) in [5.41, 5.74) is 8.16. The van der Waals surface area contributed by atoms with Gasteiger partial charge in [-0.1, -0.05) is 26.3 Å². The van der Waals surface area contributed by atoms with E-state index in [0.29, 0.717) is 12.6 Å². The molecule has 114 valence electrons. The molecule has 20 heavy (non-hydrogen) atoms. The first-order valence-corrected chi connectivity index (χ1v) is 7.76. The molecule has 1 unspecified atom stereocenters. The largest absolute Gasteiger partial charge is 0.496 e. The minimum absolute atomic E-state index is 0.579. The number of nitrogens with zero attached hydrogens (tertiary/aromatic N) is 1. The van der Waals surface area contributed by atoms with Gasteiger partial charge >= 0.3 is 0 Å². The number of hydrogen-bond acceptors (Lipinski definition) is 3. The maximum absolute atomic E-state index is 5.75. The Labute approximate surface area is 124 Å². The van der Waals surface area contributed by atoms with Gasteiger partial charge in [-0.2, -0.15) is 0 Å². The van der Waals surface area contributed by atoms with Gasteiger partial charge in [0, 0.05) is 24.7 Å². The molecule has 0 saturated carbocycles. The van der Waals surface area contributed by atoms with Crippen molar-refractivity contribution in [1.82, 2.24) is 4.90 Å². The summed E-state index contributed by atoms with van der Waals surface area (Å²) in [4.78, 5) is 2.54. The summed E-state index contributed by atoms with van der Waals surface area (Å²) in [6, 6.07) is 6.85. The quantitative estimate of drug-likeness (QED) is 0.750. The second kappa shape index (κ2) is 8.98. The summed E-state index contributed by atoms with van der Waals surface area (Å²) in [5, 5.41) is 0. The third kappa shape index (κ3) is 4.80. The van der Waals surface area contributed by atoms with Crippen LogP contribution in [0.3, 0.4) is 0 Å². The molecule has 0 saturated heterocycles. The zero-order valence-corrected chi connectivity index (χ0v) is 13.5. The van der Waals surface area contributed by atoms with Crippen LogP contribution in [0.4, 0.5) is 0 Å². The van der Waals surface area contributed by atoms with Crippen molar-refractivity contribution in [3.8, 4) is 5.75 Å². The van der Waals surface area contributed by atoms with Crippen molar-refractivity contribution in [1.29, 1.82) is 0 Å². The van der Waals surface area contributed by atoms with Crippen LogP contribution < -0.4 is 10.5 Å². The molecule has 3 nitrogen and oxygen atoms in total. The van der Waals surface area contributed by atoms with E-state index in [1.54, 1.807) is 7.11 Å². The number of benzene rings is 1. The van der Waals surface area contributed by atoms with E-state index in [4.69, 9.17) is 10.5 Å². The lowest BCUT2D eigenvalue weighted by molar-refractivity contribution is 0.190. The van der Waals surface area contributed by atoms with E-state index >= 15 is 0 Å². The van der Waals surface area contributed by atoms with E-state index < -0.39 is 0 Å². The van der Waals surface area contributed by atoms with Crippen LogP contribution >= 0.6 is 0 Å². The van der Waals surface area contributed by atoms with Gasteiger partial charge < -0.3 is 10.5 Å². The Balaban J connectivity index is 2.90. The lowest BCUT2D eigenvalue weighted by Crippen LogP contribution is -2.33. The summed E-state index contributed by atoms with van der Waals surface area (Å²) in [6.45, 7) is 9.44. The Kier molecular flexibility index (Phi) is 7.63. The van der Waals surface area contributed by atoms with Crippen molar-refractivity contribution >= 4 is 0 Å². The summed E-state index contributed by atoms with van der Waals surface area (Å²) in [5.74, 6) is 0.965. The molecule has 0 bridgehead atoms. The second-order valence-corrected chi connectivity index (χ2v) is 5.43. The molecule has 3 heteroatoms. The minimum Gasteiger partial charge on any atom is -0.496 e. The van der Waals surface area contributed by atoms with E-state index in [1.165, 1.54) is 30.4 Å². The highest BCUT2D eigenvalue weighted by Gasteiger charge is 2.14. The van der Waals surface area contributed by atoms with Gasteiger partial charge in [0.1, 0.15) is 5.75 Å². The minimum atomic E-state index is 0.579. The highest BCUT2D eigenvalue weighted by molar-refractivity contribution is 5.37. The predicted octanol–water partition coefficient (Wildman–Crippen LogP) is 3.55. The number of nitrogens with two attached hydrogens (primary N) is 1. The molecular formula is C17H30N2O. The summed E-state index contributed by atoms with van der Waals surface area (Å²) in [6.07, 6.45) is 3.64. The molecule has 1 atom stereocenters. The molecule has 0 heterocycles. The van der Waals surface area contributed by atoms with Crippen LogP contribution in [-0.4, -0.2) is 24.6 Å². The molecule has 0 aliphatic heterocycles. The number of methoxy groups -OCH3 is 1. The maximum Gasteiger partial charge on any atom is 0.123 e. The Hall–Kier alpha value is -1.06. The fourth-order valence-corrected chi connectivity index (χ4v) is 2.38.